The van der Waals surface area contributed by atoms with E-state index in [1.54, 1.807) is 19.1 Å². The number of hydrogen-bond donors (Lipinski definition) is 0. The molecule has 0 aromatic heterocycles. The van der Waals surface area contributed by atoms with Gasteiger partial charge in [0, 0.05) is 19.0 Å². The van der Waals surface area contributed by atoms with Gasteiger partial charge in [0.05, 0.1) is 16.5 Å². The van der Waals surface area contributed by atoms with Crippen molar-refractivity contribution in [3.63, 3.8) is 0 Å². The second-order valence-electron chi connectivity index (χ2n) is 5.41. The molecule has 1 atom stereocenters. The minimum atomic E-state index is -3.67. The van der Waals surface area contributed by atoms with E-state index in [9.17, 15) is 13.2 Å². The Kier molecular flexibility index (Phi) is 4.45. The number of sulfonamides is 1. The number of Topliss-reactive ketones (excluding diaryl/α,β-unsaturated/α-hetero) is 1. The molecule has 1 aromatic carbocycles. The van der Waals surface area contributed by atoms with E-state index in [0.29, 0.717) is 24.1 Å². The molecule has 0 N–H and O–H groups in total. The van der Waals surface area contributed by atoms with Crippen LogP contribution in [0.25, 0.3) is 0 Å². The smallest absolute Gasteiger partial charge is 0.243 e. The number of carbonyl (C=O) groups excluding carboxylic acids is 1. The second kappa shape index (κ2) is 5.96. The van der Waals surface area contributed by atoms with E-state index in [1.807, 2.05) is 6.07 Å². The number of hydrogen-bond acceptors (Lipinski definition) is 4. The van der Waals surface area contributed by atoms with Crippen LogP contribution in [0.4, 0.5) is 0 Å². The Bertz CT molecular complexity index is 704. The number of carbonyl (C=O) groups is 1. The maximum absolute atomic E-state index is 12.8. The summed E-state index contributed by atoms with van der Waals surface area (Å²) in [5.74, 6) is -0.00963. The third-order valence-corrected chi connectivity index (χ3v) is 5.84. The van der Waals surface area contributed by atoms with Gasteiger partial charge < -0.3 is 0 Å². The summed E-state index contributed by atoms with van der Waals surface area (Å²) in [4.78, 5) is 11.5. The Morgan fingerprint density at radius 1 is 1.48 bits per heavy atom. The van der Waals surface area contributed by atoms with E-state index in [-0.39, 0.29) is 23.1 Å². The molecule has 0 spiro atoms. The summed E-state index contributed by atoms with van der Waals surface area (Å²) < 4.78 is 27.1. The number of aryl methyl sites for hydroxylation is 1. The Morgan fingerprint density at radius 3 is 2.81 bits per heavy atom. The molecular weight excluding hydrogens is 288 g/mol. The number of nitriles is 1. The minimum Gasteiger partial charge on any atom is -0.300 e. The fourth-order valence-electron chi connectivity index (χ4n) is 2.74. The average molecular weight is 306 g/mol. The van der Waals surface area contributed by atoms with Crippen LogP contribution < -0.4 is 0 Å². The maximum Gasteiger partial charge on any atom is 0.243 e. The van der Waals surface area contributed by atoms with E-state index in [2.05, 4.69) is 0 Å². The summed E-state index contributed by atoms with van der Waals surface area (Å²) >= 11 is 0. The van der Waals surface area contributed by atoms with Crippen LogP contribution in [0.1, 0.15) is 37.3 Å². The third-order valence-electron chi connectivity index (χ3n) is 3.75. The summed E-state index contributed by atoms with van der Waals surface area (Å²) in [7, 11) is -3.67. The second-order valence-corrected chi connectivity index (χ2v) is 7.27. The van der Waals surface area contributed by atoms with Crippen molar-refractivity contribution < 1.29 is 13.2 Å². The number of nitrogens with zero attached hydrogens (tertiary/aromatic N) is 2. The number of ketones is 1. The zero-order chi connectivity index (χ0) is 15.6. The molecule has 0 saturated carbocycles. The van der Waals surface area contributed by atoms with Gasteiger partial charge in [0.15, 0.2) is 0 Å². The summed E-state index contributed by atoms with van der Waals surface area (Å²) in [5, 5.41) is 8.95. The number of benzene rings is 1. The first-order valence-corrected chi connectivity index (χ1v) is 8.32. The van der Waals surface area contributed by atoms with Crippen molar-refractivity contribution in [3.05, 3.63) is 29.3 Å². The predicted molar refractivity (Wildman–Crippen MR) is 78.1 cm³/mol. The molecule has 2 rings (SSSR count). The molecular formula is C15H18N2O3S. The highest BCUT2D eigenvalue weighted by Crippen LogP contribution is 2.29. The van der Waals surface area contributed by atoms with E-state index in [0.717, 1.165) is 6.42 Å². The molecule has 21 heavy (non-hydrogen) atoms. The molecule has 1 aliphatic heterocycles. The average Bonchev–Trinajstić information content (AvgIpc) is 2.87. The highest BCUT2D eigenvalue weighted by atomic mass is 32.2. The van der Waals surface area contributed by atoms with Crippen molar-refractivity contribution in [2.45, 2.75) is 44.0 Å². The highest BCUT2D eigenvalue weighted by molar-refractivity contribution is 7.89. The summed E-state index contributed by atoms with van der Waals surface area (Å²) in [6, 6.07) is 6.35. The van der Waals surface area contributed by atoms with Crippen LogP contribution in [-0.4, -0.2) is 31.1 Å². The van der Waals surface area contributed by atoms with Crippen molar-refractivity contribution in [3.8, 4) is 6.07 Å². The van der Waals surface area contributed by atoms with Gasteiger partial charge >= 0.3 is 0 Å². The molecule has 0 radical (unpaired) electrons. The summed E-state index contributed by atoms with van der Waals surface area (Å²) in [6.07, 6.45) is 1.71. The molecule has 0 bridgehead atoms. The van der Waals surface area contributed by atoms with Crippen molar-refractivity contribution in [1.29, 1.82) is 5.26 Å². The van der Waals surface area contributed by atoms with Gasteiger partial charge in [0.2, 0.25) is 10.0 Å². The fourth-order valence-corrected chi connectivity index (χ4v) is 4.68. The van der Waals surface area contributed by atoms with Crippen LogP contribution in [0.2, 0.25) is 0 Å². The van der Waals surface area contributed by atoms with Gasteiger partial charge in [-0.2, -0.15) is 9.57 Å². The highest BCUT2D eigenvalue weighted by Gasteiger charge is 2.36. The third kappa shape index (κ3) is 3.14. The Morgan fingerprint density at radius 2 is 2.19 bits per heavy atom. The fraction of sp³-hybridized carbons (Fsp3) is 0.467. The molecule has 6 heteroatoms. The van der Waals surface area contributed by atoms with Gasteiger partial charge in [-0.1, -0.05) is 6.07 Å². The van der Waals surface area contributed by atoms with Crippen LogP contribution in [0, 0.1) is 18.3 Å². The van der Waals surface area contributed by atoms with Crippen molar-refractivity contribution in [2.75, 3.05) is 6.54 Å². The quantitative estimate of drug-likeness (QED) is 0.852. The summed E-state index contributed by atoms with van der Waals surface area (Å²) in [6.45, 7) is 3.62. The van der Waals surface area contributed by atoms with E-state index in [1.165, 1.54) is 17.3 Å². The van der Waals surface area contributed by atoms with Crippen LogP contribution in [0.5, 0.6) is 0 Å². The molecule has 0 aliphatic carbocycles. The lowest BCUT2D eigenvalue weighted by Gasteiger charge is -2.24. The van der Waals surface area contributed by atoms with E-state index < -0.39 is 10.0 Å². The zero-order valence-electron chi connectivity index (χ0n) is 12.2. The van der Waals surface area contributed by atoms with Gasteiger partial charge in [0.1, 0.15) is 5.78 Å². The van der Waals surface area contributed by atoms with Gasteiger partial charge in [-0.15, -0.1) is 0 Å². The van der Waals surface area contributed by atoms with Gasteiger partial charge in [-0.3, -0.25) is 4.79 Å². The van der Waals surface area contributed by atoms with E-state index >= 15 is 0 Å². The molecule has 5 nitrogen and oxygen atoms in total. The topological polar surface area (TPSA) is 78.2 Å². The van der Waals surface area contributed by atoms with Gasteiger partial charge in [-0.05, 0) is 44.4 Å². The van der Waals surface area contributed by atoms with Crippen LogP contribution in [0.3, 0.4) is 0 Å². The molecule has 112 valence electrons. The van der Waals surface area contributed by atoms with Crippen LogP contribution in [0.15, 0.2) is 23.1 Å². The number of rotatable bonds is 4. The van der Waals surface area contributed by atoms with Crippen molar-refractivity contribution in [2.24, 2.45) is 0 Å². The Hall–Kier alpha value is -1.71. The molecule has 1 aliphatic rings. The van der Waals surface area contributed by atoms with Crippen LogP contribution in [-0.2, 0) is 14.8 Å². The monoisotopic (exact) mass is 306 g/mol. The minimum absolute atomic E-state index is 0.00963. The van der Waals surface area contributed by atoms with E-state index in [4.69, 9.17) is 5.26 Å². The molecule has 1 saturated heterocycles. The molecule has 1 aromatic rings. The molecule has 1 fully saturated rings. The molecule has 1 unspecified atom stereocenters. The molecule has 1 heterocycles. The van der Waals surface area contributed by atoms with Crippen molar-refractivity contribution in [1.82, 2.24) is 4.31 Å². The maximum atomic E-state index is 12.8. The lowest BCUT2D eigenvalue weighted by atomic mass is 10.1. The molecule has 0 amide bonds. The summed E-state index contributed by atoms with van der Waals surface area (Å²) in [5.41, 5.74) is 0.934. The first kappa shape index (κ1) is 15.7. The zero-order valence-corrected chi connectivity index (χ0v) is 13.0. The first-order valence-electron chi connectivity index (χ1n) is 6.88. The normalized spacial score (nSPS) is 19.4. The van der Waals surface area contributed by atoms with Crippen molar-refractivity contribution >= 4 is 15.8 Å². The largest absolute Gasteiger partial charge is 0.300 e. The SMILES string of the molecule is CC(=O)CC1CCCN1S(=O)(=O)c1cc(C#N)ccc1C. The first-order chi connectivity index (χ1) is 9.86. The standard InChI is InChI=1S/C15H18N2O3S/c1-11-5-6-13(10-16)9-15(11)21(19,20)17-7-3-4-14(17)8-12(2)18/h5-6,9,14H,3-4,7-8H2,1-2H3. The van der Waals surface area contributed by atoms with Gasteiger partial charge in [0.25, 0.3) is 0 Å². The Labute approximate surface area is 125 Å². The lowest BCUT2D eigenvalue weighted by molar-refractivity contribution is -0.117. The van der Waals surface area contributed by atoms with Gasteiger partial charge in [-0.25, -0.2) is 8.42 Å². The Balaban J connectivity index is 2.42. The van der Waals surface area contributed by atoms with Crippen LogP contribution >= 0.6 is 0 Å². The predicted octanol–water partition coefficient (Wildman–Crippen LogP) is 2.00. The lowest BCUT2D eigenvalue weighted by Crippen LogP contribution is -2.36.